The van der Waals surface area contributed by atoms with Crippen molar-refractivity contribution in [3.05, 3.63) is 28.7 Å². The Morgan fingerprint density at radius 2 is 2.11 bits per heavy atom. The second-order valence-electron chi connectivity index (χ2n) is 4.67. The van der Waals surface area contributed by atoms with Crippen LogP contribution in [0.3, 0.4) is 0 Å². The molecular weight excluding hydrogens is 308 g/mol. The average Bonchev–Trinajstić information content (AvgIpc) is 2.79. The second kappa shape index (κ2) is 6.19. The van der Waals surface area contributed by atoms with E-state index in [1.807, 2.05) is 31.2 Å². The molecule has 4 nitrogen and oxygen atoms in total. The smallest absolute Gasteiger partial charge is 0.227 e. The Morgan fingerprint density at radius 3 is 2.74 bits per heavy atom. The number of benzene rings is 1. The number of amides is 2. The van der Waals surface area contributed by atoms with Crippen LogP contribution in [0.2, 0.25) is 0 Å². The highest BCUT2D eigenvalue weighted by Crippen LogP contribution is 2.26. The number of carbonyl (C=O) groups is 2. The SMILES string of the molecule is CCCNC(=O)[C@@H]1CC(=O)N(c2ccc(Br)cc2)C1. The van der Waals surface area contributed by atoms with Gasteiger partial charge in [0.2, 0.25) is 11.8 Å². The Bertz CT molecular complexity index is 473. The van der Waals surface area contributed by atoms with Gasteiger partial charge in [0.05, 0.1) is 5.92 Å². The van der Waals surface area contributed by atoms with Crippen LogP contribution in [0.5, 0.6) is 0 Å². The fourth-order valence-electron chi connectivity index (χ4n) is 2.15. The Labute approximate surface area is 121 Å². The fourth-order valence-corrected chi connectivity index (χ4v) is 2.41. The van der Waals surface area contributed by atoms with Gasteiger partial charge in [0.1, 0.15) is 0 Å². The number of anilines is 1. The summed E-state index contributed by atoms with van der Waals surface area (Å²) in [5, 5.41) is 2.85. The van der Waals surface area contributed by atoms with Gasteiger partial charge in [0.25, 0.3) is 0 Å². The number of carbonyl (C=O) groups excluding carboxylic acids is 2. The molecule has 0 unspecified atom stereocenters. The summed E-state index contributed by atoms with van der Waals surface area (Å²) < 4.78 is 0.972. The third-order valence-corrected chi connectivity index (χ3v) is 3.71. The van der Waals surface area contributed by atoms with Gasteiger partial charge in [0.15, 0.2) is 0 Å². The average molecular weight is 325 g/mol. The van der Waals surface area contributed by atoms with Crippen molar-refractivity contribution in [2.75, 3.05) is 18.0 Å². The zero-order chi connectivity index (χ0) is 13.8. The highest BCUT2D eigenvalue weighted by molar-refractivity contribution is 9.10. The molecular formula is C14H17BrN2O2. The standard InChI is InChI=1S/C14H17BrN2O2/c1-2-7-16-14(19)10-8-13(18)17(9-10)12-5-3-11(15)4-6-12/h3-6,10H,2,7-9H2,1H3,(H,16,19)/t10-/m1/s1. The van der Waals surface area contributed by atoms with Crippen molar-refractivity contribution >= 4 is 33.4 Å². The van der Waals surface area contributed by atoms with Gasteiger partial charge in [-0.25, -0.2) is 0 Å². The van der Waals surface area contributed by atoms with Crippen LogP contribution >= 0.6 is 15.9 Å². The van der Waals surface area contributed by atoms with Gasteiger partial charge in [-0.05, 0) is 30.7 Å². The lowest BCUT2D eigenvalue weighted by Crippen LogP contribution is -2.33. The monoisotopic (exact) mass is 324 g/mol. The molecule has 2 rings (SSSR count). The summed E-state index contributed by atoms with van der Waals surface area (Å²) in [6.07, 6.45) is 1.20. The maximum Gasteiger partial charge on any atom is 0.227 e. The minimum Gasteiger partial charge on any atom is -0.356 e. The van der Waals surface area contributed by atoms with E-state index in [9.17, 15) is 9.59 Å². The molecule has 0 spiro atoms. The first-order valence-electron chi connectivity index (χ1n) is 6.45. The molecule has 1 fully saturated rings. The Morgan fingerprint density at radius 1 is 1.42 bits per heavy atom. The predicted octanol–water partition coefficient (Wildman–Crippen LogP) is 2.33. The Balaban J connectivity index is 2.03. The molecule has 102 valence electrons. The first-order chi connectivity index (χ1) is 9.11. The maximum absolute atomic E-state index is 12.0. The van der Waals surface area contributed by atoms with Gasteiger partial charge < -0.3 is 10.2 Å². The van der Waals surface area contributed by atoms with E-state index in [0.29, 0.717) is 19.5 Å². The third-order valence-electron chi connectivity index (χ3n) is 3.18. The summed E-state index contributed by atoms with van der Waals surface area (Å²) in [6, 6.07) is 7.56. The molecule has 1 heterocycles. The van der Waals surface area contributed by atoms with Crippen LogP contribution in [0.15, 0.2) is 28.7 Å². The van der Waals surface area contributed by atoms with Gasteiger partial charge >= 0.3 is 0 Å². The minimum atomic E-state index is -0.234. The number of rotatable bonds is 4. The van der Waals surface area contributed by atoms with Gasteiger partial charge in [-0.2, -0.15) is 0 Å². The number of nitrogens with zero attached hydrogens (tertiary/aromatic N) is 1. The Kier molecular flexibility index (Phi) is 4.58. The van der Waals surface area contributed by atoms with Crippen LogP contribution in [-0.4, -0.2) is 24.9 Å². The molecule has 1 aromatic carbocycles. The highest BCUT2D eigenvalue weighted by Gasteiger charge is 2.34. The van der Waals surface area contributed by atoms with Crippen LogP contribution in [0, 0.1) is 5.92 Å². The van der Waals surface area contributed by atoms with Gasteiger partial charge in [-0.15, -0.1) is 0 Å². The van der Waals surface area contributed by atoms with Crippen molar-refractivity contribution in [3.63, 3.8) is 0 Å². The lowest BCUT2D eigenvalue weighted by atomic mass is 10.1. The van der Waals surface area contributed by atoms with E-state index in [4.69, 9.17) is 0 Å². The lowest BCUT2D eigenvalue weighted by molar-refractivity contribution is -0.126. The predicted molar refractivity (Wildman–Crippen MR) is 77.9 cm³/mol. The molecule has 5 heteroatoms. The normalized spacial score (nSPS) is 18.7. The molecule has 1 atom stereocenters. The third kappa shape index (κ3) is 3.35. The molecule has 19 heavy (non-hydrogen) atoms. The molecule has 1 aliphatic rings. The summed E-state index contributed by atoms with van der Waals surface area (Å²) in [5.74, 6) is -0.239. The van der Waals surface area contributed by atoms with Crippen molar-refractivity contribution in [2.24, 2.45) is 5.92 Å². The van der Waals surface area contributed by atoms with E-state index in [1.54, 1.807) is 4.90 Å². The van der Waals surface area contributed by atoms with E-state index >= 15 is 0 Å². The van der Waals surface area contributed by atoms with Crippen molar-refractivity contribution in [1.29, 1.82) is 0 Å². The molecule has 1 aliphatic heterocycles. The number of halogens is 1. The van der Waals surface area contributed by atoms with Crippen molar-refractivity contribution in [3.8, 4) is 0 Å². The number of hydrogen-bond donors (Lipinski definition) is 1. The van der Waals surface area contributed by atoms with E-state index in [0.717, 1.165) is 16.6 Å². The van der Waals surface area contributed by atoms with Crippen LogP contribution in [0.25, 0.3) is 0 Å². The Hall–Kier alpha value is -1.36. The molecule has 2 amide bonds. The molecule has 0 aliphatic carbocycles. The topological polar surface area (TPSA) is 49.4 Å². The summed E-state index contributed by atoms with van der Waals surface area (Å²) in [5.41, 5.74) is 0.846. The first kappa shape index (κ1) is 14.1. The molecule has 0 aromatic heterocycles. The zero-order valence-electron chi connectivity index (χ0n) is 10.9. The van der Waals surface area contributed by atoms with Crippen molar-refractivity contribution < 1.29 is 9.59 Å². The van der Waals surface area contributed by atoms with Crippen molar-refractivity contribution in [1.82, 2.24) is 5.32 Å². The molecule has 0 radical (unpaired) electrons. The van der Waals surface area contributed by atoms with E-state index < -0.39 is 0 Å². The molecule has 1 aromatic rings. The second-order valence-corrected chi connectivity index (χ2v) is 5.59. The van der Waals surface area contributed by atoms with Crippen LogP contribution in [0.4, 0.5) is 5.69 Å². The van der Waals surface area contributed by atoms with Crippen LogP contribution in [0.1, 0.15) is 19.8 Å². The summed E-state index contributed by atoms with van der Waals surface area (Å²) in [7, 11) is 0. The van der Waals surface area contributed by atoms with Gasteiger partial charge in [0, 0.05) is 29.7 Å². The van der Waals surface area contributed by atoms with Gasteiger partial charge in [-0.3, -0.25) is 9.59 Å². The quantitative estimate of drug-likeness (QED) is 0.924. The van der Waals surface area contributed by atoms with E-state index in [1.165, 1.54) is 0 Å². The minimum absolute atomic E-state index is 0.0129. The van der Waals surface area contributed by atoms with Crippen molar-refractivity contribution in [2.45, 2.75) is 19.8 Å². The fraction of sp³-hybridized carbons (Fsp3) is 0.429. The maximum atomic E-state index is 12.0. The molecule has 1 saturated heterocycles. The molecule has 0 bridgehead atoms. The highest BCUT2D eigenvalue weighted by atomic mass is 79.9. The molecule has 1 N–H and O–H groups in total. The largest absolute Gasteiger partial charge is 0.356 e. The zero-order valence-corrected chi connectivity index (χ0v) is 12.4. The summed E-state index contributed by atoms with van der Waals surface area (Å²) in [6.45, 7) is 3.14. The van der Waals surface area contributed by atoms with Crippen LogP contribution in [-0.2, 0) is 9.59 Å². The number of hydrogen-bond acceptors (Lipinski definition) is 2. The summed E-state index contributed by atoms with van der Waals surface area (Å²) in [4.78, 5) is 25.5. The lowest BCUT2D eigenvalue weighted by Gasteiger charge is -2.16. The van der Waals surface area contributed by atoms with Crippen LogP contribution < -0.4 is 10.2 Å². The first-order valence-corrected chi connectivity index (χ1v) is 7.24. The van der Waals surface area contributed by atoms with E-state index in [-0.39, 0.29) is 17.7 Å². The molecule has 0 saturated carbocycles. The number of nitrogens with one attached hydrogen (secondary N) is 1. The summed E-state index contributed by atoms with van der Waals surface area (Å²) >= 11 is 3.37. The van der Waals surface area contributed by atoms with E-state index in [2.05, 4.69) is 21.2 Å². The van der Waals surface area contributed by atoms with Gasteiger partial charge in [-0.1, -0.05) is 22.9 Å².